The highest BCUT2D eigenvalue weighted by Gasteiger charge is 2.29. The minimum Gasteiger partial charge on any atom is -0.453 e. The van der Waals surface area contributed by atoms with E-state index in [1.165, 1.54) is 7.11 Å². The van der Waals surface area contributed by atoms with E-state index >= 15 is 0 Å². The highest BCUT2D eigenvalue weighted by atomic mass is 16.5. The minimum atomic E-state index is -0.392. The van der Waals surface area contributed by atoms with Crippen LogP contribution in [-0.4, -0.2) is 42.1 Å². The summed E-state index contributed by atoms with van der Waals surface area (Å²) in [6.45, 7) is 0.981. The molecule has 0 aliphatic carbocycles. The van der Waals surface area contributed by atoms with E-state index in [9.17, 15) is 9.59 Å². The molecule has 2 heterocycles. The van der Waals surface area contributed by atoms with Gasteiger partial charge in [-0.05, 0) is 30.5 Å². The van der Waals surface area contributed by atoms with Gasteiger partial charge >= 0.3 is 6.09 Å². The van der Waals surface area contributed by atoms with E-state index in [1.807, 2.05) is 42.5 Å². The van der Waals surface area contributed by atoms with Crippen LogP contribution in [0.2, 0.25) is 0 Å². The molecule has 2 aromatic carbocycles. The van der Waals surface area contributed by atoms with Crippen molar-refractivity contribution in [1.29, 1.82) is 0 Å². The number of piperidine rings is 1. The van der Waals surface area contributed by atoms with Crippen molar-refractivity contribution in [3.8, 4) is 0 Å². The maximum atomic E-state index is 12.7. The van der Waals surface area contributed by atoms with Crippen molar-refractivity contribution in [2.75, 3.05) is 25.5 Å². The number of carbonyl (C=O) groups is 2. The van der Waals surface area contributed by atoms with Crippen LogP contribution in [0.4, 0.5) is 10.5 Å². The molecule has 1 fully saturated rings. The standard InChI is InChI=1S/C22H23N3O4/c1-28-22(27)25-11-5-8-16(14-25)21(26)23-17-9-10-18-19(13-17)29-20(24-18)12-15-6-3-2-4-7-15/h2-4,6-7,9-10,13,16H,5,8,11-12,14H2,1H3,(H,23,26). The summed E-state index contributed by atoms with van der Waals surface area (Å²) in [6, 6.07) is 15.4. The highest BCUT2D eigenvalue weighted by Crippen LogP contribution is 2.24. The molecule has 150 valence electrons. The first kappa shape index (κ1) is 19.0. The van der Waals surface area contributed by atoms with E-state index in [2.05, 4.69) is 10.3 Å². The molecule has 7 heteroatoms. The summed E-state index contributed by atoms with van der Waals surface area (Å²) in [5.74, 6) is 0.263. The van der Waals surface area contributed by atoms with Gasteiger partial charge in [0.25, 0.3) is 0 Å². The first-order chi connectivity index (χ1) is 14.1. The van der Waals surface area contributed by atoms with Crippen molar-refractivity contribution in [3.05, 3.63) is 60.0 Å². The highest BCUT2D eigenvalue weighted by molar-refractivity contribution is 5.94. The Hall–Kier alpha value is -3.35. The second-order valence-electron chi connectivity index (χ2n) is 7.20. The lowest BCUT2D eigenvalue weighted by atomic mass is 9.97. The Morgan fingerprint density at radius 1 is 1.24 bits per heavy atom. The first-order valence-corrected chi connectivity index (χ1v) is 9.69. The summed E-state index contributed by atoms with van der Waals surface area (Å²) in [5.41, 5.74) is 3.16. The maximum Gasteiger partial charge on any atom is 0.409 e. The van der Waals surface area contributed by atoms with Gasteiger partial charge in [0.05, 0.1) is 13.0 Å². The predicted molar refractivity (Wildman–Crippen MR) is 109 cm³/mol. The van der Waals surface area contributed by atoms with Crippen LogP contribution in [0.15, 0.2) is 52.9 Å². The normalized spacial score (nSPS) is 16.6. The van der Waals surface area contributed by atoms with Crippen LogP contribution in [0.3, 0.4) is 0 Å². The number of nitrogens with one attached hydrogen (secondary N) is 1. The largest absolute Gasteiger partial charge is 0.453 e. The molecule has 2 amide bonds. The molecule has 1 saturated heterocycles. The molecule has 0 saturated carbocycles. The number of anilines is 1. The second-order valence-corrected chi connectivity index (χ2v) is 7.20. The molecule has 1 atom stereocenters. The molecular weight excluding hydrogens is 370 g/mol. The number of nitrogens with zero attached hydrogens (tertiary/aromatic N) is 2. The number of fused-ring (bicyclic) bond motifs is 1. The van der Waals surface area contributed by atoms with Crippen molar-refractivity contribution in [2.45, 2.75) is 19.3 Å². The number of oxazole rings is 1. The van der Waals surface area contributed by atoms with E-state index in [0.29, 0.717) is 36.7 Å². The maximum absolute atomic E-state index is 12.7. The Balaban J connectivity index is 1.44. The lowest BCUT2D eigenvalue weighted by molar-refractivity contribution is -0.121. The number of likely N-dealkylation sites (tertiary alicyclic amines) is 1. The molecule has 1 aromatic heterocycles. The lowest BCUT2D eigenvalue weighted by Gasteiger charge is -2.30. The molecular formula is C22H23N3O4. The number of hydrogen-bond donors (Lipinski definition) is 1. The van der Waals surface area contributed by atoms with Gasteiger partial charge in [0, 0.05) is 31.3 Å². The molecule has 0 bridgehead atoms. The van der Waals surface area contributed by atoms with Crippen LogP contribution >= 0.6 is 0 Å². The van der Waals surface area contributed by atoms with Gasteiger partial charge in [0.1, 0.15) is 5.52 Å². The van der Waals surface area contributed by atoms with Crippen LogP contribution in [0, 0.1) is 5.92 Å². The molecule has 0 radical (unpaired) electrons. The van der Waals surface area contributed by atoms with Crippen LogP contribution < -0.4 is 5.32 Å². The van der Waals surface area contributed by atoms with E-state index in [4.69, 9.17) is 9.15 Å². The molecule has 1 aliphatic heterocycles. The third-order valence-electron chi connectivity index (χ3n) is 5.12. The number of amides is 2. The van der Waals surface area contributed by atoms with Gasteiger partial charge in [-0.1, -0.05) is 30.3 Å². The zero-order valence-electron chi connectivity index (χ0n) is 16.3. The van der Waals surface area contributed by atoms with Crippen molar-refractivity contribution in [2.24, 2.45) is 5.92 Å². The zero-order valence-corrected chi connectivity index (χ0v) is 16.3. The summed E-state index contributed by atoms with van der Waals surface area (Å²) in [4.78, 5) is 30.5. The molecule has 1 unspecified atom stereocenters. The number of carbonyl (C=O) groups excluding carboxylic acids is 2. The second kappa shape index (κ2) is 8.34. The third-order valence-corrected chi connectivity index (χ3v) is 5.12. The molecule has 7 nitrogen and oxygen atoms in total. The van der Waals surface area contributed by atoms with Crippen LogP contribution in [0.25, 0.3) is 11.1 Å². The number of aromatic nitrogens is 1. The Morgan fingerprint density at radius 3 is 2.86 bits per heavy atom. The van der Waals surface area contributed by atoms with Gasteiger partial charge < -0.3 is 19.4 Å². The topological polar surface area (TPSA) is 84.7 Å². The van der Waals surface area contributed by atoms with Crippen LogP contribution in [0.5, 0.6) is 0 Å². The van der Waals surface area contributed by atoms with Crippen LogP contribution in [0.1, 0.15) is 24.3 Å². The average Bonchev–Trinajstić information content (AvgIpc) is 3.15. The summed E-state index contributed by atoms with van der Waals surface area (Å²) in [6.07, 6.45) is 1.74. The Bertz CT molecular complexity index is 1020. The lowest BCUT2D eigenvalue weighted by Crippen LogP contribution is -2.43. The van der Waals surface area contributed by atoms with E-state index in [1.54, 1.807) is 11.0 Å². The molecule has 1 aliphatic rings. The van der Waals surface area contributed by atoms with Crippen molar-refractivity contribution >= 4 is 28.8 Å². The fraction of sp³-hybridized carbons (Fsp3) is 0.318. The molecule has 3 aromatic rings. The van der Waals surface area contributed by atoms with Crippen molar-refractivity contribution < 1.29 is 18.7 Å². The molecule has 0 spiro atoms. The number of benzene rings is 2. The van der Waals surface area contributed by atoms with Gasteiger partial charge in [0.15, 0.2) is 11.5 Å². The monoisotopic (exact) mass is 393 g/mol. The predicted octanol–water partition coefficient (Wildman–Crippen LogP) is 3.84. The first-order valence-electron chi connectivity index (χ1n) is 9.69. The van der Waals surface area contributed by atoms with Gasteiger partial charge in [-0.2, -0.15) is 0 Å². The third kappa shape index (κ3) is 4.39. The Labute approximate surface area is 168 Å². The Morgan fingerprint density at radius 2 is 2.07 bits per heavy atom. The molecule has 1 N–H and O–H groups in total. The fourth-order valence-electron chi connectivity index (χ4n) is 3.63. The summed E-state index contributed by atoms with van der Waals surface area (Å²) >= 11 is 0. The zero-order chi connectivity index (χ0) is 20.2. The average molecular weight is 393 g/mol. The minimum absolute atomic E-state index is 0.109. The number of ether oxygens (including phenoxy) is 1. The summed E-state index contributed by atoms with van der Waals surface area (Å²) in [7, 11) is 1.35. The molecule has 4 rings (SSSR count). The van der Waals surface area contributed by atoms with Crippen molar-refractivity contribution in [1.82, 2.24) is 9.88 Å². The smallest absolute Gasteiger partial charge is 0.409 e. The van der Waals surface area contributed by atoms with Gasteiger partial charge in [-0.3, -0.25) is 4.79 Å². The van der Waals surface area contributed by atoms with Gasteiger partial charge in [-0.25, -0.2) is 9.78 Å². The number of rotatable bonds is 4. The van der Waals surface area contributed by atoms with E-state index in [-0.39, 0.29) is 11.8 Å². The van der Waals surface area contributed by atoms with Crippen molar-refractivity contribution in [3.63, 3.8) is 0 Å². The van der Waals surface area contributed by atoms with Gasteiger partial charge in [0.2, 0.25) is 5.91 Å². The Kier molecular flexibility index (Phi) is 5.46. The molecule has 29 heavy (non-hydrogen) atoms. The number of methoxy groups -OCH3 is 1. The fourth-order valence-corrected chi connectivity index (χ4v) is 3.63. The van der Waals surface area contributed by atoms with Gasteiger partial charge in [-0.15, -0.1) is 0 Å². The van der Waals surface area contributed by atoms with Crippen LogP contribution in [-0.2, 0) is 16.0 Å². The summed E-state index contributed by atoms with van der Waals surface area (Å²) < 4.78 is 10.6. The van der Waals surface area contributed by atoms with E-state index < -0.39 is 6.09 Å². The quantitative estimate of drug-likeness (QED) is 0.728. The summed E-state index contributed by atoms with van der Waals surface area (Å²) in [5, 5.41) is 2.93. The SMILES string of the molecule is COC(=O)N1CCCC(C(=O)Nc2ccc3nc(Cc4ccccc4)oc3c2)C1. The number of hydrogen-bond acceptors (Lipinski definition) is 5. The van der Waals surface area contributed by atoms with E-state index in [0.717, 1.165) is 23.9 Å².